The van der Waals surface area contributed by atoms with Crippen molar-refractivity contribution in [3.63, 3.8) is 0 Å². The molecule has 1 aliphatic heterocycles. The molecule has 0 amide bonds. The van der Waals surface area contributed by atoms with Crippen LogP contribution in [0, 0.1) is 11.3 Å². The Morgan fingerprint density at radius 1 is 1.14 bits per heavy atom. The molecule has 2 aromatic rings. The number of hydrogen-bond acceptors (Lipinski definition) is 1. The van der Waals surface area contributed by atoms with E-state index in [2.05, 4.69) is 6.01 Å². The van der Waals surface area contributed by atoms with E-state index in [1.807, 2.05) is 12.1 Å². The minimum atomic E-state index is -4.51. The molecule has 3 nitrogen and oxygen atoms in total. The van der Waals surface area contributed by atoms with Gasteiger partial charge in [-0.2, -0.15) is 18.4 Å². The van der Waals surface area contributed by atoms with Crippen LogP contribution in [0.15, 0.2) is 42.5 Å². The van der Waals surface area contributed by atoms with Crippen molar-refractivity contribution in [2.24, 2.45) is 0 Å². The van der Waals surface area contributed by atoms with Crippen LogP contribution in [0.4, 0.5) is 30.2 Å². The molecule has 0 aliphatic carbocycles. The van der Waals surface area contributed by atoms with Crippen LogP contribution in [0.3, 0.4) is 0 Å². The minimum absolute atomic E-state index is 0.0294. The van der Waals surface area contributed by atoms with E-state index in [-0.39, 0.29) is 5.56 Å². The van der Waals surface area contributed by atoms with Gasteiger partial charge in [0.15, 0.2) is 7.05 Å². The maximum absolute atomic E-state index is 13.0. The fraction of sp³-hybridized carbons (Fsp3) is 0.125. The van der Waals surface area contributed by atoms with Gasteiger partial charge in [-0.3, -0.25) is 0 Å². The van der Waals surface area contributed by atoms with Gasteiger partial charge in [-0.1, -0.05) is 22.8 Å². The van der Waals surface area contributed by atoms with Gasteiger partial charge in [-0.05, 0) is 10.6 Å². The van der Waals surface area contributed by atoms with E-state index in [4.69, 9.17) is 0 Å². The van der Waals surface area contributed by atoms with E-state index in [0.29, 0.717) is 17.1 Å². The Kier molecular flexibility index (Phi) is 3.09. The van der Waals surface area contributed by atoms with Crippen LogP contribution in [-0.2, 0) is 6.18 Å². The fourth-order valence-corrected chi connectivity index (χ4v) is 2.42. The number of rotatable bonds is 1. The lowest BCUT2D eigenvalue weighted by Crippen LogP contribution is -2.08. The first-order chi connectivity index (χ1) is 10.4. The summed E-state index contributed by atoms with van der Waals surface area (Å²) in [6, 6.07) is 15.6. The zero-order chi connectivity index (χ0) is 15.9. The molecule has 0 fully saturated rings. The number of benzene rings is 2. The Morgan fingerprint density at radius 3 is 2.41 bits per heavy atom. The zero-order valence-corrected chi connectivity index (χ0v) is 11.5. The first-order valence-corrected chi connectivity index (χ1v) is 6.42. The van der Waals surface area contributed by atoms with E-state index in [1.54, 1.807) is 31.3 Å². The predicted molar refractivity (Wildman–Crippen MR) is 74.9 cm³/mol. The summed E-state index contributed by atoms with van der Waals surface area (Å²) < 4.78 is 42.2. The third-order valence-electron chi connectivity index (χ3n) is 3.38. The highest BCUT2D eigenvalue weighted by Crippen LogP contribution is 2.40. The maximum Gasteiger partial charge on any atom is 0.496 e. The molecule has 22 heavy (non-hydrogen) atoms. The molecule has 0 spiro atoms. The molecule has 0 unspecified atom stereocenters. The van der Waals surface area contributed by atoms with Crippen LogP contribution < -0.4 is 4.58 Å². The third kappa shape index (κ3) is 2.18. The molecule has 0 atom stereocenters. The SMILES string of the molecule is C[N+]1=C=[N+](c2ccccc2)c2cc(C(F)(F)F)cc(C#N)c21. The lowest BCUT2D eigenvalue weighted by Gasteiger charge is -2.06. The number of halogens is 3. The van der Waals surface area contributed by atoms with Crippen LogP contribution in [-0.4, -0.2) is 17.6 Å². The van der Waals surface area contributed by atoms with Gasteiger partial charge in [0.1, 0.15) is 11.6 Å². The smallest absolute Gasteiger partial charge is 0.192 e. The van der Waals surface area contributed by atoms with Crippen molar-refractivity contribution >= 4 is 23.1 Å². The molecule has 108 valence electrons. The fourth-order valence-electron chi connectivity index (χ4n) is 2.42. The molecular formula is C16H10F3N3+2. The monoisotopic (exact) mass is 301 g/mol. The number of nitriles is 1. The van der Waals surface area contributed by atoms with Gasteiger partial charge in [0, 0.05) is 18.2 Å². The summed E-state index contributed by atoms with van der Waals surface area (Å²) in [5, 5.41) is 9.18. The van der Waals surface area contributed by atoms with Crippen molar-refractivity contribution < 1.29 is 17.7 Å². The van der Waals surface area contributed by atoms with Crippen molar-refractivity contribution in [1.82, 2.24) is 4.58 Å². The average molecular weight is 301 g/mol. The molecule has 0 aromatic heterocycles. The van der Waals surface area contributed by atoms with Crippen LogP contribution in [0.1, 0.15) is 11.1 Å². The second-order valence-electron chi connectivity index (χ2n) is 4.83. The van der Waals surface area contributed by atoms with Gasteiger partial charge < -0.3 is 0 Å². The van der Waals surface area contributed by atoms with E-state index in [9.17, 15) is 18.4 Å². The molecule has 6 heteroatoms. The second-order valence-corrected chi connectivity index (χ2v) is 4.83. The molecule has 1 heterocycles. The number of para-hydroxylation sites is 1. The summed E-state index contributed by atoms with van der Waals surface area (Å²) in [5.41, 5.74) is 0.509. The van der Waals surface area contributed by atoms with Crippen molar-refractivity contribution in [2.75, 3.05) is 7.05 Å². The van der Waals surface area contributed by atoms with E-state index in [1.165, 1.54) is 9.15 Å². The van der Waals surface area contributed by atoms with Crippen molar-refractivity contribution in [1.29, 1.82) is 5.26 Å². The highest BCUT2D eigenvalue weighted by molar-refractivity contribution is 5.78. The summed E-state index contributed by atoms with van der Waals surface area (Å²) in [6.45, 7) is 0. The Bertz CT molecular complexity index is 868. The van der Waals surface area contributed by atoms with Gasteiger partial charge >= 0.3 is 23.6 Å². The predicted octanol–water partition coefficient (Wildman–Crippen LogP) is 3.87. The number of alkyl halides is 3. The Labute approximate surface area is 124 Å². The van der Waals surface area contributed by atoms with Gasteiger partial charge in [0.05, 0.1) is 5.56 Å². The lowest BCUT2D eigenvalue weighted by atomic mass is 10.1. The first-order valence-electron chi connectivity index (χ1n) is 6.42. The van der Waals surface area contributed by atoms with Gasteiger partial charge in [-0.25, -0.2) is 0 Å². The minimum Gasteiger partial charge on any atom is -0.192 e. The van der Waals surface area contributed by atoms with Crippen molar-refractivity contribution in [3.8, 4) is 6.07 Å². The van der Waals surface area contributed by atoms with Gasteiger partial charge in [0.25, 0.3) is 0 Å². The molecule has 0 bridgehead atoms. The molecule has 3 rings (SSSR count). The molecule has 0 saturated heterocycles. The van der Waals surface area contributed by atoms with E-state index in [0.717, 1.165) is 12.1 Å². The summed E-state index contributed by atoms with van der Waals surface area (Å²) in [5.74, 6) is 0. The van der Waals surface area contributed by atoms with Crippen molar-refractivity contribution in [3.05, 3.63) is 53.6 Å². The van der Waals surface area contributed by atoms with Crippen molar-refractivity contribution in [2.45, 2.75) is 6.18 Å². The average Bonchev–Trinajstić information content (AvgIpc) is 2.84. The summed E-state index contributed by atoms with van der Waals surface area (Å²) in [6.07, 6.45) is -4.51. The topological polar surface area (TPSA) is 29.8 Å². The highest BCUT2D eigenvalue weighted by Gasteiger charge is 2.41. The molecule has 0 saturated carbocycles. The largest absolute Gasteiger partial charge is 0.496 e. The molecular weight excluding hydrogens is 291 g/mol. The third-order valence-corrected chi connectivity index (χ3v) is 3.38. The van der Waals surface area contributed by atoms with Gasteiger partial charge in [-0.15, -0.1) is 0 Å². The zero-order valence-electron chi connectivity index (χ0n) is 11.5. The Morgan fingerprint density at radius 2 is 1.82 bits per heavy atom. The normalized spacial score (nSPS) is 13.2. The molecule has 1 aliphatic rings. The first kappa shape index (κ1) is 14.1. The quantitative estimate of drug-likeness (QED) is 0.735. The lowest BCUT2D eigenvalue weighted by molar-refractivity contribution is -0.394. The van der Waals surface area contributed by atoms with Gasteiger partial charge in [0.2, 0.25) is 5.69 Å². The Hall–Kier alpha value is -2.90. The Balaban J connectivity index is 2.28. The highest BCUT2D eigenvalue weighted by atomic mass is 19.4. The van der Waals surface area contributed by atoms with Crippen LogP contribution >= 0.6 is 0 Å². The standard InChI is InChI=1S/C16H10F3N3/c1-21-10-22(13-5-3-2-4-6-13)14-8-12(16(17,18)19)7-11(9-20)15(14)21/h2-8H,1H3/q+2. The number of nitrogens with zero attached hydrogens (tertiary/aromatic N) is 3. The van der Waals surface area contributed by atoms with Crippen LogP contribution in [0.25, 0.3) is 0 Å². The van der Waals surface area contributed by atoms with Crippen LogP contribution in [0.5, 0.6) is 0 Å². The van der Waals surface area contributed by atoms with E-state index < -0.39 is 11.7 Å². The van der Waals surface area contributed by atoms with Crippen LogP contribution in [0.2, 0.25) is 0 Å². The number of fused-ring (bicyclic) bond motifs is 1. The summed E-state index contributed by atoms with van der Waals surface area (Å²) in [4.78, 5) is 0. The van der Waals surface area contributed by atoms with E-state index >= 15 is 0 Å². The molecule has 0 N–H and O–H groups in total. The maximum atomic E-state index is 13.0. The second kappa shape index (κ2) is 4.83. The summed E-state index contributed by atoms with van der Waals surface area (Å²) >= 11 is 0. The summed E-state index contributed by atoms with van der Waals surface area (Å²) in [7, 11) is 1.65. The molecule has 2 aromatic carbocycles. The number of hydrogen-bond donors (Lipinski definition) is 0. The molecule has 0 radical (unpaired) electrons.